The number of carbonyl (C=O) groups excluding carboxylic acids is 1. The molecule has 0 aliphatic heterocycles. The number of allylic oxidation sites excluding steroid dienone is 2. The molecule has 2 aliphatic carbocycles. The number of benzene rings is 1. The number of nitro groups is 1. The number of carbonyl (C=O) groups is 1. The fourth-order valence-corrected chi connectivity index (χ4v) is 6.38. The average molecular weight is 471 g/mol. The number of methoxy groups -OCH3 is 1. The Balaban J connectivity index is 1.66. The number of unbranched alkanes of at least 4 members (excludes halogenated alkanes) is 1. The van der Waals surface area contributed by atoms with E-state index in [1.54, 1.807) is 0 Å². The molecule has 0 amide bonds. The molecule has 1 aromatic rings. The molecule has 3 rings (SSSR count). The van der Waals surface area contributed by atoms with E-state index < -0.39 is 20.6 Å². The Labute approximate surface area is 187 Å². The topological polar surface area (TPSA) is 116 Å². The lowest BCUT2D eigenvalue weighted by Crippen LogP contribution is -2.43. The van der Waals surface area contributed by atoms with Gasteiger partial charge in [0.1, 0.15) is 5.02 Å². The maximum Gasteiger partial charge on any atom is 0.305 e. The number of halogens is 1. The number of esters is 1. The van der Waals surface area contributed by atoms with Crippen LogP contribution in [0.4, 0.5) is 5.69 Å². The van der Waals surface area contributed by atoms with Crippen LogP contribution in [0.1, 0.15) is 44.9 Å². The van der Waals surface area contributed by atoms with Gasteiger partial charge in [0.25, 0.3) is 5.69 Å². The zero-order valence-corrected chi connectivity index (χ0v) is 18.9. The minimum Gasteiger partial charge on any atom is -0.469 e. The number of rotatable bonds is 10. The molecule has 0 unspecified atom stereocenters. The van der Waals surface area contributed by atoms with E-state index in [1.165, 1.54) is 19.2 Å². The second-order valence-corrected chi connectivity index (χ2v) is 10.3. The Bertz CT molecular complexity index is 965. The highest BCUT2D eigenvalue weighted by molar-refractivity contribution is 7.89. The standard InChI is InChI=1S/C21H27ClN2O6S/c1-30-20(25)7-5-3-2-4-6-17-14-8-9-15(12-14)21(17)23-31(28,29)16-10-11-18(22)19(13-16)24(26)27/h2,4,10-11,13-15,17,21,23H,3,5-9,12H2,1H3/b4-2-/t14-,15+,17+,21+/m0/s1. The third-order valence-corrected chi connectivity index (χ3v) is 8.14. The van der Waals surface area contributed by atoms with Crippen molar-refractivity contribution in [1.29, 1.82) is 0 Å². The van der Waals surface area contributed by atoms with Crippen molar-refractivity contribution in [1.82, 2.24) is 4.72 Å². The molecule has 0 saturated heterocycles. The molecule has 4 atom stereocenters. The van der Waals surface area contributed by atoms with E-state index in [9.17, 15) is 23.3 Å². The summed E-state index contributed by atoms with van der Waals surface area (Å²) in [5, 5.41) is 11.0. The summed E-state index contributed by atoms with van der Waals surface area (Å²) in [5.41, 5.74) is -0.427. The zero-order valence-electron chi connectivity index (χ0n) is 17.3. The highest BCUT2D eigenvalue weighted by Crippen LogP contribution is 2.50. The normalized spacial score (nSPS) is 25.2. The van der Waals surface area contributed by atoms with Gasteiger partial charge in [-0.15, -0.1) is 0 Å². The predicted octanol–water partition coefficient (Wildman–Crippen LogP) is 4.23. The van der Waals surface area contributed by atoms with Crippen molar-refractivity contribution >= 4 is 33.3 Å². The van der Waals surface area contributed by atoms with Crippen LogP contribution in [0.5, 0.6) is 0 Å². The molecule has 2 bridgehead atoms. The van der Waals surface area contributed by atoms with Crippen LogP contribution in [0, 0.1) is 27.9 Å². The summed E-state index contributed by atoms with van der Waals surface area (Å²) in [5.74, 6) is 0.711. The molecule has 10 heteroatoms. The van der Waals surface area contributed by atoms with Gasteiger partial charge in [0.05, 0.1) is 16.9 Å². The number of nitro benzene ring substituents is 1. The van der Waals surface area contributed by atoms with Crippen LogP contribution >= 0.6 is 11.6 Å². The second kappa shape index (κ2) is 10.1. The van der Waals surface area contributed by atoms with E-state index in [1.807, 2.05) is 6.08 Å². The molecule has 2 aliphatic rings. The van der Waals surface area contributed by atoms with Gasteiger partial charge in [-0.05, 0) is 68.4 Å². The fraction of sp³-hybridized carbons (Fsp3) is 0.571. The molecule has 31 heavy (non-hydrogen) atoms. The highest BCUT2D eigenvalue weighted by Gasteiger charge is 2.48. The van der Waals surface area contributed by atoms with E-state index in [0.717, 1.165) is 38.2 Å². The van der Waals surface area contributed by atoms with Crippen LogP contribution in [0.15, 0.2) is 35.2 Å². The Hall–Kier alpha value is -1.97. The minimum atomic E-state index is -3.91. The summed E-state index contributed by atoms with van der Waals surface area (Å²) >= 11 is 5.81. The molecule has 1 N–H and O–H groups in total. The molecule has 0 heterocycles. The molecule has 2 saturated carbocycles. The molecule has 170 valence electrons. The molecule has 0 spiro atoms. The number of ether oxygens (including phenoxy) is 1. The number of fused-ring (bicyclic) bond motifs is 2. The summed E-state index contributed by atoms with van der Waals surface area (Å²) < 4.78 is 33.4. The van der Waals surface area contributed by atoms with Gasteiger partial charge in [0.2, 0.25) is 10.0 Å². The average Bonchev–Trinajstić information content (AvgIpc) is 3.32. The van der Waals surface area contributed by atoms with Gasteiger partial charge < -0.3 is 4.74 Å². The molecule has 0 aromatic heterocycles. The molecule has 0 radical (unpaired) electrons. The van der Waals surface area contributed by atoms with Crippen LogP contribution in [0.2, 0.25) is 5.02 Å². The SMILES string of the molecule is COC(=O)CCC/C=C\C[C@@H]1[C@H]2CC[C@H](C2)[C@H]1NS(=O)(=O)c1ccc(Cl)c([N+](=O)[O-])c1. The molecule has 8 nitrogen and oxygen atoms in total. The lowest BCUT2D eigenvalue weighted by Gasteiger charge is -2.31. The first kappa shape index (κ1) is 23.7. The van der Waals surface area contributed by atoms with Crippen LogP contribution in [0.3, 0.4) is 0 Å². The Kier molecular flexibility index (Phi) is 7.72. The fourth-order valence-electron chi connectivity index (χ4n) is 4.82. The largest absolute Gasteiger partial charge is 0.469 e. The number of hydrogen-bond donors (Lipinski definition) is 1. The molecular weight excluding hydrogens is 444 g/mol. The lowest BCUT2D eigenvalue weighted by molar-refractivity contribution is -0.384. The van der Waals surface area contributed by atoms with E-state index in [0.29, 0.717) is 18.8 Å². The summed E-state index contributed by atoms with van der Waals surface area (Å²) in [4.78, 5) is 21.4. The summed E-state index contributed by atoms with van der Waals surface area (Å²) in [6, 6.07) is 3.34. The first-order valence-electron chi connectivity index (χ1n) is 10.4. The third-order valence-electron chi connectivity index (χ3n) is 6.36. The monoisotopic (exact) mass is 470 g/mol. The van der Waals surface area contributed by atoms with Crippen molar-refractivity contribution in [2.45, 2.75) is 55.9 Å². The van der Waals surface area contributed by atoms with Crippen LogP contribution in [-0.4, -0.2) is 32.5 Å². The molecule has 2 fully saturated rings. The molecular formula is C21H27ClN2O6S. The second-order valence-electron chi connectivity index (χ2n) is 8.19. The quantitative estimate of drug-likeness (QED) is 0.180. The Morgan fingerprint density at radius 1 is 1.32 bits per heavy atom. The van der Waals surface area contributed by atoms with Crippen molar-refractivity contribution in [3.05, 3.63) is 45.5 Å². The van der Waals surface area contributed by atoms with Gasteiger partial charge in [-0.2, -0.15) is 0 Å². The van der Waals surface area contributed by atoms with Crippen molar-refractivity contribution in [2.24, 2.45) is 17.8 Å². The van der Waals surface area contributed by atoms with E-state index in [2.05, 4.69) is 15.5 Å². The van der Waals surface area contributed by atoms with Gasteiger partial charge in [0.15, 0.2) is 0 Å². The van der Waals surface area contributed by atoms with Crippen LogP contribution in [0.25, 0.3) is 0 Å². The maximum absolute atomic E-state index is 13.0. The van der Waals surface area contributed by atoms with E-state index >= 15 is 0 Å². The lowest BCUT2D eigenvalue weighted by atomic mass is 9.83. The van der Waals surface area contributed by atoms with Gasteiger partial charge in [-0.25, -0.2) is 13.1 Å². The maximum atomic E-state index is 13.0. The Morgan fingerprint density at radius 3 is 2.77 bits per heavy atom. The summed E-state index contributed by atoms with van der Waals surface area (Å²) in [7, 11) is -2.54. The van der Waals surface area contributed by atoms with Crippen molar-refractivity contribution in [2.75, 3.05) is 7.11 Å². The van der Waals surface area contributed by atoms with Crippen molar-refractivity contribution in [3.63, 3.8) is 0 Å². The number of nitrogens with zero attached hydrogens (tertiary/aromatic N) is 1. The van der Waals surface area contributed by atoms with Gasteiger partial charge in [-0.3, -0.25) is 14.9 Å². The smallest absolute Gasteiger partial charge is 0.305 e. The van der Waals surface area contributed by atoms with Crippen molar-refractivity contribution in [3.8, 4) is 0 Å². The third kappa shape index (κ3) is 5.64. The zero-order chi connectivity index (χ0) is 22.6. The van der Waals surface area contributed by atoms with Crippen LogP contribution < -0.4 is 4.72 Å². The number of hydrogen-bond acceptors (Lipinski definition) is 6. The van der Waals surface area contributed by atoms with Gasteiger partial charge in [0, 0.05) is 18.5 Å². The number of sulfonamides is 1. The summed E-state index contributed by atoms with van der Waals surface area (Å²) in [6.07, 6.45) is 9.78. The molecule has 1 aromatic carbocycles. The predicted molar refractivity (Wildman–Crippen MR) is 116 cm³/mol. The van der Waals surface area contributed by atoms with E-state index in [-0.39, 0.29) is 33.8 Å². The van der Waals surface area contributed by atoms with E-state index in [4.69, 9.17) is 11.6 Å². The van der Waals surface area contributed by atoms with Crippen LogP contribution in [-0.2, 0) is 19.6 Å². The first-order valence-corrected chi connectivity index (χ1v) is 12.3. The Morgan fingerprint density at radius 2 is 2.06 bits per heavy atom. The number of nitrogens with one attached hydrogen (secondary N) is 1. The first-order chi connectivity index (χ1) is 14.7. The highest BCUT2D eigenvalue weighted by atomic mass is 35.5. The van der Waals surface area contributed by atoms with Crippen molar-refractivity contribution < 1.29 is 22.9 Å². The summed E-state index contributed by atoms with van der Waals surface area (Å²) in [6.45, 7) is 0. The van der Waals surface area contributed by atoms with Gasteiger partial charge >= 0.3 is 5.97 Å². The van der Waals surface area contributed by atoms with Gasteiger partial charge in [-0.1, -0.05) is 23.8 Å². The minimum absolute atomic E-state index is 0.0981.